The third-order valence-electron chi connectivity index (χ3n) is 4.67. The largest absolute Gasteiger partial charge is 0.370 e. The quantitative estimate of drug-likeness (QED) is 0.942. The molecule has 2 aromatic heterocycles. The highest BCUT2D eigenvalue weighted by atomic mass is 32.1. The SMILES string of the molecule is CN(C)c1cc2cnc(C(=O)NC3CC4CCN3C4)cc2s1. The van der Waals surface area contributed by atoms with Crippen LogP contribution in [0.3, 0.4) is 0 Å². The Morgan fingerprint density at radius 3 is 3.00 bits per heavy atom. The summed E-state index contributed by atoms with van der Waals surface area (Å²) in [5.41, 5.74) is 0.517. The Morgan fingerprint density at radius 2 is 2.32 bits per heavy atom. The molecule has 1 amide bonds. The molecule has 2 fully saturated rings. The van der Waals surface area contributed by atoms with Crippen LogP contribution in [0.4, 0.5) is 5.00 Å². The maximum Gasteiger partial charge on any atom is 0.271 e. The second kappa shape index (κ2) is 5.21. The van der Waals surface area contributed by atoms with Gasteiger partial charge in [-0.25, -0.2) is 0 Å². The molecule has 2 aliphatic heterocycles. The zero-order valence-electron chi connectivity index (χ0n) is 12.9. The molecule has 1 N–H and O–H groups in total. The van der Waals surface area contributed by atoms with Crippen LogP contribution in [0.1, 0.15) is 23.3 Å². The number of hydrogen-bond donors (Lipinski definition) is 1. The summed E-state index contributed by atoms with van der Waals surface area (Å²) in [6.07, 6.45) is 4.36. The summed E-state index contributed by atoms with van der Waals surface area (Å²) in [6, 6.07) is 4.02. The van der Waals surface area contributed by atoms with Crippen molar-refractivity contribution in [2.24, 2.45) is 5.92 Å². The maximum absolute atomic E-state index is 12.5. The van der Waals surface area contributed by atoms with Crippen LogP contribution < -0.4 is 10.2 Å². The van der Waals surface area contributed by atoms with Gasteiger partial charge in [-0.2, -0.15) is 0 Å². The summed E-state index contributed by atoms with van der Waals surface area (Å²) in [4.78, 5) is 21.2. The highest BCUT2D eigenvalue weighted by Crippen LogP contribution is 2.33. The van der Waals surface area contributed by atoms with E-state index in [9.17, 15) is 4.79 Å². The van der Waals surface area contributed by atoms with E-state index in [1.54, 1.807) is 17.5 Å². The molecule has 0 saturated carbocycles. The first-order chi connectivity index (χ1) is 10.6. The number of carbonyl (C=O) groups is 1. The van der Waals surface area contributed by atoms with Crippen molar-refractivity contribution in [1.82, 2.24) is 15.2 Å². The zero-order valence-corrected chi connectivity index (χ0v) is 13.7. The lowest BCUT2D eigenvalue weighted by Gasteiger charge is -2.25. The first-order valence-electron chi connectivity index (χ1n) is 7.72. The summed E-state index contributed by atoms with van der Waals surface area (Å²) < 4.78 is 1.11. The molecule has 4 heterocycles. The standard InChI is InChI=1S/C16H20N4OS/c1-19(2)15-6-11-8-17-12(7-13(11)22-15)16(21)18-14-5-10-3-4-20(14)9-10/h6-8,10,14H,3-5,9H2,1-2H3,(H,18,21). The number of piperidine rings is 1. The van der Waals surface area contributed by atoms with Crippen molar-refractivity contribution in [3.05, 3.63) is 24.0 Å². The summed E-state index contributed by atoms with van der Waals surface area (Å²) in [6.45, 7) is 2.24. The number of aromatic nitrogens is 1. The van der Waals surface area contributed by atoms with E-state index in [1.165, 1.54) is 11.4 Å². The molecule has 5 nitrogen and oxygen atoms in total. The van der Waals surface area contributed by atoms with Crippen LogP contribution >= 0.6 is 11.3 Å². The maximum atomic E-state index is 12.5. The molecule has 116 valence electrons. The van der Waals surface area contributed by atoms with Crippen LogP contribution in [-0.4, -0.2) is 49.1 Å². The minimum absolute atomic E-state index is 0.0562. The normalized spacial score (nSPS) is 26.5. The van der Waals surface area contributed by atoms with E-state index in [0.717, 1.165) is 35.5 Å². The second-order valence-electron chi connectivity index (χ2n) is 6.46. The topological polar surface area (TPSA) is 48.5 Å². The zero-order chi connectivity index (χ0) is 15.3. The van der Waals surface area contributed by atoms with Gasteiger partial charge in [-0.1, -0.05) is 0 Å². The van der Waals surface area contributed by atoms with Gasteiger partial charge in [0.05, 0.1) is 11.2 Å². The molecule has 0 aromatic carbocycles. The molecule has 2 bridgehead atoms. The van der Waals surface area contributed by atoms with Crippen molar-refractivity contribution in [3.8, 4) is 0 Å². The van der Waals surface area contributed by atoms with Gasteiger partial charge in [0, 0.05) is 43.5 Å². The lowest BCUT2D eigenvalue weighted by Crippen LogP contribution is -2.45. The Balaban J connectivity index is 1.54. The van der Waals surface area contributed by atoms with E-state index in [0.29, 0.717) is 5.69 Å². The van der Waals surface area contributed by atoms with Crippen molar-refractivity contribution in [3.63, 3.8) is 0 Å². The van der Waals surface area contributed by atoms with E-state index >= 15 is 0 Å². The molecule has 6 heteroatoms. The van der Waals surface area contributed by atoms with E-state index in [4.69, 9.17) is 0 Å². The molecular weight excluding hydrogens is 296 g/mol. The van der Waals surface area contributed by atoms with Gasteiger partial charge in [-0.15, -0.1) is 11.3 Å². The molecule has 3 unspecified atom stereocenters. The van der Waals surface area contributed by atoms with Crippen molar-refractivity contribution >= 4 is 32.3 Å². The van der Waals surface area contributed by atoms with Gasteiger partial charge in [0.15, 0.2) is 0 Å². The third-order valence-corrected chi connectivity index (χ3v) is 5.94. The molecule has 0 aliphatic carbocycles. The smallest absolute Gasteiger partial charge is 0.271 e. The average Bonchev–Trinajstić information content (AvgIpc) is 3.20. The number of nitrogens with one attached hydrogen (secondary N) is 1. The van der Waals surface area contributed by atoms with E-state index < -0.39 is 0 Å². The minimum atomic E-state index is -0.0562. The van der Waals surface area contributed by atoms with Crippen LogP contribution in [0.5, 0.6) is 0 Å². The summed E-state index contributed by atoms with van der Waals surface area (Å²) in [5.74, 6) is 0.708. The Labute approximate surface area is 133 Å². The molecule has 2 aliphatic rings. The number of fused-ring (bicyclic) bond motifs is 3. The summed E-state index contributed by atoms with van der Waals surface area (Å²) in [7, 11) is 4.05. The summed E-state index contributed by atoms with van der Waals surface area (Å²) >= 11 is 1.69. The third kappa shape index (κ3) is 2.36. The number of amides is 1. The predicted molar refractivity (Wildman–Crippen MR) is 89.5 cm³/mol. The molecule has 2 saturated heterocycles. The Morgan fingerprint density at radius 1 is 1.45 bits per heavy atom. The van der Waals surface area contributed by atoms with Crippen LogP contribution in [0.2, 0.25) is 0 Å². The Bertz CT molecular complexity index is 726. The van der Waals surface area contributed by atoms with Gasteiger partial charge >= 0.3 is 0 Å². The fourth-order valence-corrected chi connectivity index (χ4v) is 4.44. The van der Waals surface area contributed by atoms with E-state index in [-0.39, 0.29) is 12.1 Å². The minimum Gasteiger partial charge on any atom is -0.370 e. The number of rotatable bonds is 3. The van der Waals surface area contributed by atoms with Crippen LogP contribution in [0, 0.1) is 5.92 Å². The van der Waals surface area contributed by atoms with Crippen LogP contribution in [-0.2, 0) is 0 Å². The molecule has 4 rings (SSSR count). The fraction of sp³-hybridized carbons (Fsp3) is 0.500. The Kier molecular flexibility index (Phi) is 3.31. The van der Waals surface area contributed by atoms with Gasteiger partial charge in [0.25, 0.3) is 5.91 Å². The molecular formula is C16H20N4OS. The van der Waals surface area contributed by atoms with Crippen molar-refractivity contribution in [1.29, 1.82) is 0 Å². The molecule has 2 aromatic rings. The van der Waals surface area contributed by atoms with Crippen LogP contribution in [0.25, 0.3) is 10.1 Å². The average molecular weight is 316 g/mol. The monoisotopic (exact) mass is 316 g/mol. The fourth-order valence-electron chi connectivity index (χ4n) is 3.44. The molecule has 22 heavy (non-hydrogen) atoms. The van der Waals surface area contributed by atoms with E-state index in [1.807, 2.05) is 20.2 Å². The predicted octanol–water partition coefficient (Wildman–Crippen LogP) is 2.14. The number of carbonyl (C=O) groups excluding carboxylic acids is 1. The molecule has 0 spiro atoms. The van der Waals surface area contributed by atoms with Crippen molar-refractivity contribution < 1.29 is 4.79 Å². The molecule has 3 atom stereocenters. The van der Waals surface area contributed by atoms with Crippen molar-refractivity contribution in [2.75, 3.05) is 32.1 Å². The Hall–Kier alpha value is -1.66. The first-order valence-corrected chi connectivity index (χ1v) is 8.53. The highest BCUT2D eigenvalue weighted by molar-refractivity contribution is 7.22. The van der Waals surface area contributed by atoms with Gasteiger partial charge in [-0.3, -0.25) is 14.7 Å². The highest BCUT2D eigenvalue weighted by Gasteiger charge is 2.38. The first kappa shape index (κ1) is 14.0. The lowest BCUT2D eigenvalue weighted by molar-refractivity contribution is 0.0878. The van der Waals surface area contributed by atoms with E-state index in [2.05, 4.69) is 26.2 Å². The van der Waals surface area contributed by atoms with Crippen LogP contribution in [0.15, 0.2) is 18.3 Å². The number of pyridine rings is 1. The summed E-state index contributed by atoms with van der Waals surface area (Å²) in [5, 5.41) is 5.41. The number of thiophene rings is 1. The van der Waals surface area contributed by atoms with Gasteiger partial charge in [-0.05, 0) is 30.9 Å². The number of hydrogen-bond acceptors (Lipinski definition) is 5. The van der Waals surface area contributed by atoms with Gasteiger partial charge < -0.3 is 10.2 Å². The number of anilines is 1. The lowest BCUT2D eigenvalue weighted by atomic mass is 10.0. The number of nitrogens with zero attached hydrogens (tertiary/aromatic N) is 3. The molecule has 0 radical (unpaired) electrons. The van der Waals surface area contributed by atoms with Gasteiger partial charge in [0.1, 0.15) is 5.69 Å². The van der Waals surface area contributed by atoms with Crippen molar-refractivity contribution in [2.45, 2.75) is 19.0 Å². The van der Waals surface area contributed by atoms with Gasteiger partial charge in [0.2, 0.25) is 0 Å². The second-order valence-corrected chi connectivity index (χ2v) is 7.52.